The molecule has 10 heteroatoms. The topological polar surface area (TPSA) is 87.7 Å². The van der Waals surface area contributed by atoms with E-state index in [0.29, 0.717) is 5.56 Å². The molecule has 7 nitrogen and oxygen atoms in total. The van der Waals surface area contributed by atoms with Crippen molar-refractivity contribution in [2.45, 2.75) is 19.6 Å². The zero-order chi connectivity index (χ0) is 19.7. The second kappa shape index (κ2) is 9.76. The van der Waals surface area contributed by atoms with E-state index in [0.717, 1.165) is 12.1 Å². The van der Waals surface area contributed by atoms with Crippen molar-refractivity contribution in [3.8, 4) is 0 Å². The summed E-state index contributed by atoms with van der Waals surface area (Å²) in [6.07, 6.45) is -4.45. The summed E-state index contributed by atoms with van der Waals surface area (Å²) in [4.78, 5) is 36.0. The van der Waals surface area contributed by atoms with Gasteiger partial charge in [-0.2, -0.15) is 13.2 Å². The van der Waals surface area contributed by atoms with Crippen LogP contribution in [-0.4, -0.2) is 49.6 Å². The van der Waals surface area contributed by atoms with Crippen molar-refractivity contribution in [1.82, 2.24) is 15.5 Å². The van der Waals surface area contributed by atoms with Crippen molar-refractivity contribution < 1.29 is 32.3 Å². The molecule has 0 unspecified atom stereocenters. The normalized spacial score (nSPS) is 11.2. The molecule has 0 atom stereocenters. The second-order valence-corrected chi connectivity index (χ2v) is 5.27. The first-order chi connectivity index (χ1) is 12.2. The van der Waals surface area contributed by atoms with Crippen LogP contribution in [0, 0.1) is 0 Å². The fourth-order valence-electron chi connectivity index (χ4n) is 2.05. The van der Waals surface area contributed by atoms with E-state index in [1.54, 1.807) is 6.92 Å². The molecule has 144 valence electrons. The van der Waals surface area contributed by atoms with Crippen LogP contribution in [0.1, 0.15) is 18.1 Å². The van der Waals surface area contributed by atoms with E-state index in [1.807, 2.05) is 5.32 Å². The van der Waals surface area contributed by atoms with Crippen molar-refractivity contribution in [3.63, 3.8) is 0 Å². The van der Waals surface area contributed by atoms with Crippen molar-refractivity contribution in [1.29, 1.82) is 0 Å². The van der Waals surface area contributed by atoms with Crippen molar-refractivity contribution in [3.05, 3.63) is 35.4 Å². The number of hydrogen-bond donors (Lipinski definition) is 2. The average Bonchev–Trinajstić information content (AvgIpc) is 2.54. The van der Waals surface area contributed by atoms with E-state index >= 15 is 0 Å². The van der Waals surface area contributed by atoms with E-state index in [9.17, 15) is 27.6 Å². The van der Waals surface area contributed by atoms with Crippen molar-refractivity contribution in [2.24, 2.45) is 0 Å². The predicted molar refractivity (Wildman–Crippen MR) is 86.0 cm³/mol. The summed E-state index contributed by atoms with van der Waals surface area (Å²) in [5.41, 5.74) is -0.328. The van der Waals surface area contributed by atoms with Gasteiger partial charge in [0.2, 0.25) is 5.91 Å². The Hall–Kier alpha value is -2.62. The third-order valence-corrected chi connectivity index (χ3v) is 3.19. The average molecular weight is 375 g/mol. The molecule has 1 aromatic carbocycles. The summed E-state index contributed by atoms with van der Waals surface area (Å²) in [6.45, 7) is 1.23. The minimum Gasteiger partial charge on any atom is -0.465 e. The third kappa shape index (κ3) is 7.51. The van der Waals surface area contributed by atoms with Crippen LogP contribution < -0.4 is 10.6 Å². The van der Waals surface area contributed by atoms with Gasteiger partial charge in [0, 0.05) is 13.6 Å². The van der Waals surface area contributed by atoms with Crippen LogP contribution in [-0.2, 0) is 27.0 Å². The SMILES string of the molecule is CCOC(=O)CN(CC(=O)NC(=O)NC)Cc1ccc(C(F)(F)F)cc1. The Morgan fingerprint density at radius 2 is 1.73 bits per heavy atom. The summed E-state index contributed by atoms with van der Waals surface area (Å²) < 4.78 is 42.6. The second-order valence-electron chi connectivity index (χ2n) is 5.27. The Morgan fingerprint density at radius 1 is 1.12 bits per heavy atom. The Kier molecular flexibility index (Phi) is 8.04. The molecule has 3 amide bonds. The van der Waals surface area contributed by atoms with Crippen LogP contribution in [0.3, 0.4) is 0 Å². The number of nitrogens with one attached hydrogen (secondary N) is 2. The molecule has 0 saturated heterocycles. The minimum atomic E-state index is -4.45. The number of rotatable bonds is 7. The molecule has 0 heterocycles. The number of esters is 1. The van der Waals surface area contributed by atoms with Gasteiger partial charge in [-0.15, -0.1) is 0 Å². The zero-order valence-corrected chi connectivity index (χ0v) is 14.4. The first-order valence-electron chi connectivity index (χ1n) is 7.71. The van der Waals surface area contributed by atoms with Gasteiger partial charge in [-0.25, -0.2) is 4.79 Å². The summed E-state index contributed by atoms with van der Waals surface area (Å²) in [7, 11) is 1.33. The predicted octanol–water partition coefficient (Wildman–Crippen LogP) is 1.53. The van der Waals surface area contributed by atoms with Gasteiger partial charge in [-0.05, 0) is 24.6 Å². The summed E-state index contributed by atoms with van der Waals surface area (Å²) >= 11 is 0. The molecule has 0 spiro atoms. The molecule has 1 aromatic rings. The van der Waals surface area contributed by atoms with Crippen LogP contribution in [0.4, 0.5) is 18.0 Å². The fourth-order valence-corrected chi connectivity index (χ4v) is 2.05. The monoisotopic (exact) mass is 375 g/mol. The summed E-state index contributed by atoms with van der Waals surface area (Å²) in [6, 6.07) is 3.65. The number of ether oxygens (including phenoxy) is 1. The highest BCUT2D eigenvalue weighted by molar-refractivity contribution is 5.95. The molecule has 26 heavy (non-hydrogen) atoms. The molecule has 2 N–H and O–H groups in total. The van der Waals surface area contributed by atoms with Gasteiger partial charge in [-0.3, -0.25) is 19.8 Å². The number of nitrogens with zero attached hydrogens (tertiary/aromatic N) is 1. The molecule has 0 aliphatic rings. The van der Waals surface area contributed by atoms with Crippen molar-refractivity contribution >= 4 is 17.9 Å². The Balaban J connectivity index is 2.82. The molecule has 1 rings (SSSR count). The number of hydrogen-bond acceptors (Lipinski definition) is 5. The lowest BCUT2D eigenvalue weighted by Crippen LogP contribution is -2.44. The van der Waals surface area contributed by atoms with Gasteiger partial charge < -0.3 is 10.1 Å². The van der Waals surface area contributed by atoms with Crippen LogP contribution >= 0.6 is 0 Å². The van der Waals surface area contributed by atoms with Gasteiger partial charge in [0.15, 0.2) is 0 Å². The molecule has 0 bridgehead atoms. The van der Waals surface area contributed by atoms with Crippen LogP contribution in [0.5, 0.6) is 0 Å². The largest absolute Gasteiger partial charge is 0.465 e. The van der Waals surface area contributed by atoms with E-state index in [1.165, 1.54) is 24.1 Å². The van der Waals surface area contributed by atoms with Crippen LogP contribution in [0.2, 0.25) is 0 Å². The maximum absolute atomic E-state index is 12.6. The van der Waals surface area contributed by atoms with Crippen LogP contribution in [0.15, 0.2) is 24.3 Å². The first kappa shape index (κ1) is 21.4. The van der Waals surface area contributed by atoms with E-state index in [2.05, 4.69) is 5.32 Å². The molecular formula is C16H20F3N3O4. The number of amides is 3. The number of halogens is 3. The fraction of sp³-hybridized carbons (Fsp3) is 0.438. The van der Waals surface area contributed by atoms with E-state index in [4.69, 9.17) is 4.74 Å². The van der Waals surface area contributed by atoms with Crippen molar-refractivity contribution in [2.75, 3.05) is 26.7 Å². The van der Waals surface area contributed by atoms with Gasteiger partial charge in [0.25, 0.3) is 0 Å². The Bertz CT molecular complexity index is 633. The molecule has 0 radical (unpaired) electrons. The first-order valence-corrected chi connectivity index (χ1v) is 7.71. The maximum Gasteiger partial charge on any atom is 0.416 e. The smallest absolute Gasteiger partial charge is 0.416 e. The number of alkyl halides is 3. The number of benzene rings is 1. The van der Waals surface area contributed by atoms with Gasteiger partial charge in [-0.1, -0.05) is 12.1 Å². The lowest BCUT2D eigenvalue weighted by molar-refractivity contribution is -0.144. The quantitative estimate of drug-likeness (QED) is 0.706. The van der Waals surface area contributed by atoms with E-state index < -0.39 is 29.6 Å². The highest BCUT2D eigenvalue weighted by Gasteiger charge is 2.30. The molecular weight excluding hydrogens is 355 g/mol. The zero-order valence-electron chi connectivity index (χ0n) is 14.4. The number of carbonyl (C=O) groups is 3. The lowest BCUT2D eigenvalue weighted by atomic mass is 10.1. The molecule has 0 saturated carbocycles. The molecule has 0 aliphatic carbocycles. The standard InChI is InChI=1S/C16H20F3N3O4/c1-3-26-14(24)10-22(9-13(23)21-15(25)20-2)8-11-4-6-12(7-5-11)16(17,18)19/h4-7H,3,8-10H2,1-2H3,(H2,20,21,23,25). The maximum atomic E-state index is 12.6. The Labute approximate surface area is 148 Å². The van der Waals surface area contributed by atoms with Gasteiger partial charge in [0.05, 0.1) is 25.3 Å². The number of carbonyl (C=O) groups excluding carboxylic acids is 3. The third-order valence-electron chi connectivity index (χ3n) is 3.19. The summed E-state index contributed by atoms with van der Waals surface area (Å²) in [5, 5.41) is 4.26. The molecule has 0 aliphatic heterocycles. The highest BCUT2D eigenvalue weighted by Crippen LogP contribution is 2.29. The minimum absolute atomic E-state index is 0.0259. The molecule has 0 fully saturated rings. The Morgan fingerprint density at radius 3 is 2.23 bits per heavy atom. The van der Waals surface area contributed by atoms with E-state index in [-0.39, 0.29) is 26.2 Å². The van der Waals surface area contributed by atoms with Crippen LogP contribution in [0.25, 0.3) is 0 Å². The van der Waals surface area contributed by atoms with Gasteiger partial charge in [0.1, 0.15) is 0 Å². The molecule has 0 aromatic heterocycles. The lowest BCUT2D eigenvalue weighted by Gasteiger charge is -2.21. The highest BCUT2D eigenvalue weighted by atomic mass is 19.4. The number of imide groups is 1. The van der Waals surface area contributed by atoms with Gasteiger partial charge >= 0.3 is 18.2 Å². The number of urea groups is 1. The summed E-state index contributed by atoms with van der Waals surface area (Å²) in [5.74, 6) is -1.26.